The second-order valence-corrected chi connectivity index (χ2v) is 10.7. The molecule has 5 nitrogen and oxygen atoms in total. The number of thiazole rings is 1. The van der Waals surface area contributed by atoms with Crippen molar-refractivity contribution in [3.63, 3.8) is 0 Å². The predicted molar refractivity (Wildman–Crippen MR) is 153 cm³/mol. The van der Waals surface area contributed by atoms with Crippen LogP contribution in [0, 0.1) is 0 Å². The number of nitrogens with one attached hydrogen (secondary N) is 1. The number of para-hydroxylation sites is 1. The van der Waals surface area contributed by atoms with Crippen molar-refractivity contribution >= 4 is 29.0 Å². The quantitative estimate of drug-likeness (QED) is 0.242. The second-order valence-electron chi connectivity index (χ2n) is 9.82. The summed E-state index contributed by atoms with van der Waals surface area (Å²) in [6.45, 7) is 2.84. The number of carbonyl (C=O) groups excluding carboxylic acids is 1. The lowest BCUT2D eigenvalue weighted by molar-refractivity contribution is -0.127. The molecular weight excluding hydrogens is 533 g/mol. The molecule has 9 heteroatoms. The summed E-state index contributed by atoms with van der Waals surface area (Å²) in [5, 5.41) is 5.72. The summed E-state index contributed by atoms with van der Waals surface area (Å²) in [7, 11) is 0. The van der Waals surface area contributed by atoms with Gasteiger partial charge in [-0.1, -0.05) is 54.6 Å². The van der Waals surface area contributed by atoms with Crippen molar-refractivity contribution in [3.8, 4) is 11.1 Å². The van der Waals surface area contributed by atoms with E-state index in [4.69, 9.17) is 0 Å². The van der Waals surface area contributed by atoms with Crippen LogP contribution in [0.1, 0.15) is 45.4 Å². The van der Waals surface area contributed by atoms with Gasteiger partial charge < -0.3 is 5.32 Å². The molecule has 0 radical (unpaired) electrons. The summed E-state index contributed by atoms with van der Waals surface area (Å²) in [4.78, 5) is 24.2. The third-order valence-electron chi connectivity index (χ3n) is 6.92. The lowest BCUT2D eigenvalue weighted by atomic mass is 9.97. The van der Waals surface area contributed by atoms with Crippen LogP contribution in [0.2, 0.25) is 0 Å². The summed E-state index contributed by atoms with van der Waals surface area (Å²) in [5.74, 6) is 0.0248. The van der Waals surface area contributed by atoms with Crippen molar-refractivity contribution in [1.82, 2.24) is 14.9 Å². The zero-order chi connectivity index (χ0) is 28.0. The molecule has 4 aromatic rings. The first-order valence-corrected chi connectivity index (χ1v) is 14.0. The van der Waals surface area contributed by atoms with Crippen LogP contribution >= 0.6 is 11.3 Å². The van der Waals surface area contributed by atoms with Gasteiger partial charge in [0.15, 0.2) is 0 Å². The molecule has 0 saturated carbocycles. The number of carbonyl (C=O) groups is 1. The number of aromatic nitrogens is 2. The Hall–Kier alpha value is -3.82. The molecule has 1 N–H and O–H groups in total. The Balaban J connectivity index is 1.17. The maximum absolute atomic E-state index is 13.1. The number of piperidine rings is 1. The minimum absolute atomic E-state index is 0.194. The van der Waals surface area contributed by atoms with Gasteiger partial charge in [0.2, 0.25) is 0 Å². The van der Waals surface area contributed by atoms with E-state index in [0.717, 1.165) is 54.2 Å². The summed E-state index contributed by atoms with van der Waals surface area (Å²) in [6, 6.07) is 17.5. The van der Waals surface area contributed by atoms with Gasteiger partial charge in [-0.3, -0.25) is 14.7 Å². The molecule has 1 amide bonds. The highest BCUT2D eigenvalue weighted by Crippen LogP contribution is 2.32. The van der Waals surface area contributed by atoms with E-state index in [-0.39, 0.29) is 11.5 Å². The fraction of sp³-hybridized carbons (Fsp3) is 0.258. The Kier molecular flexibility index (Phi) is 8.72. The van der Waals surface area contributed by atoms with Gasteiger partial charge in [0.1, 0.15) is 5.69 Å². The molecule has 2 aromatic heterocycles. The fourth-order valence-corrected chi connectivity index (χ4v) is 5.79. The predicted octanol–water partition coefficient (Wildman–Crippen LogP) is 7.46. The minimum atomic E-state index is -4.26. The zero-order valence-electron chi connectivity index (χ0n) is 21.8. The first kappa shape index (κ1) is 27.7. The number of hydrogen-bond donors (Lipinski definition) is 1. The Morgan fingerprint density at radius 1 is 1.02 bits per heavy atom. The standard InChI is InChI=1S/C31H29F3N4OS/c32-31(33,34)20-23-7-9-24(10-8-23)26-5-1-2-6-27(26)36-29(39)28-21-40-30(37-28)25-13-18-38(19-14-25)17-3-4-22-11-15-35-16-12-22/h1-12,15-16,21,25H,13-14,17-20H2,(H,36,39)/b4-3-. The van der Waals surface area contributed by atoms with Crippen molar-refractivity contribution in [3.05, 3.63) is 106 Å². The monoisotopic (exact) mass is 562 g/mol. The van der Waals surface area contributed by atoms with Crippen LogP contribution in [0.3, 0.4) is 0 Å². The largest absolute Gasteiger partial charge is 0.393 e. The van der Waals surface area contributed by atoms with E-state index in [1.54, 1.807) is 36.0 Å². The lowest BCUT2D eigenvalue weighted by Gasteiger charge is -2.30. The van der Waals surface area contributed by atoms with E-state index >= 15 is 0 Å². The smallest absolute Gasteiger partial charge is 0.320 e. The maximum Gasteiger partial charge on any atom is 0.393 e. The molecule has 3 heterocycles. The fourth-order valence-electron chi connectivity index (χ4n) is 4.82. The van der Waals surface area contributed by atoms with Gasteiger partial charge in [-0.05, 0) is 60.8 Å². The molecule has 0 bridgehead atoms. The van der Waals surface area contributed by atoms with Crippen LogP contribution < -0.4 is 5.32 Å². The van der Waals surface area contributed by atoms with E-state index in [9.17, 15) is 18.0 Å². The Morgan fingerprint density at radius 3 is 2.48 bits per heavy atom. The number of alkyl halides is 3. The molecule has 1 aliphatic heterocycles. The van der Waals surface area contributed by atoms with Gasteiger partial charge in [0.25, 0.3) is 5.91 Å². The van der Waals surface area contributed by atoms with Crippen molar-refractivity contribution < 1.29 is 18.0 Å². The van der Waals surface area contributed by atoms with Gasteiger partial charge >= 0.3 is 6.18 Å². The summed E-state index contributed by atoms with van der Waals surface area (Å²) < 4.78 is 38.1. The Labute approximate surface area is 235 Å². The third kappa shape index (κ3) is 7.43. The summed E-state index contributed by atoms with van der Waals surface area (Å²) >= 11 is 1.52. The number of amides is 1. The molecule has 0 aliphatic carbocycles. The lowest BCUT2D eigenvalue weighted by Crippen LogP contribution is -2.33. The van der Waals surface area contributed by atoms with Crippen LogP contribution in [0.15, 0.2) is 84.5 Å². The molecule has 206 valence electrons. The molecule has 0 unspecified atom stereocenters. The Morgan fingerprint density at radius 2 is 1.75 bits per heavy atom. The van der Waals surface area contributed by atoms with E-state index in [1.807, 2.05) is 30.3 Å². The van der Waals surface area contributed by atoms with Crippen LogP contribution in [0.25, 0.3) is 17.2 Å². The van der Waals surface area contributed by atoms with E-state index in [1.165, 1.54) is 23.5 Å². The van der Waals surface area contributed by atoms with E-state index in [0.29, 0.717) is 17.3 Å². The zero-order valence-corrected chi connectivity index (χ0v) is 22.6. The van der Waals surface area contributed by atoms with Crippen LogP contribution in [-0.2, 0) is 6.42 Å². The number of pyridine rings is 1. The average Bonchev–Trinajstić information content (AvgIpc) is 3.45. The van der Waals surface area contributed by atoms with E-state index < -0.39 is 12.6 Å². The second kappa shape index (κ2) is 12.6. The molecule has 1 fully saturated rings. The van der Waals surface area contributed by atoms with Gasteiger partial charge in [-0.2, -0.15) is 13.2 Å². The normalized spacial score (nSPS) is 15.0. The number of anilines is 1. The summed E-state index contributed by atoms with van der Waals surface area (Å²) in [5.41, 5.74) is 3.75. The average molecular weight is 563 g/mol. The number of hydrogen-bond acceptors (Lipinski definition) is 5. The molecule has 0 atom stereocenters. The van der Waals surface area contributed by atoms with Crippen molar-refractivity contribution in [2.75, 3.05) is 25.0 Å². The van der Waals surface area contributed by atoms with Crippen molar-refractivity contribution in [2.45, 2.75) is 31.4 Å². The van der Waals surface area contributed by atoms with Gasteiger partial charge in [0.05, 0.1) is 11.4 Å². The molecular formula is C31H29F3N4OS. The molecule has 40 heavy (non-hydrogen) atoms. The summed E-state index contributed by atoms with van der Waals surface area (Å²) in [6.07, 6.45) is 4.62. The minimum Gasteiger partial charge on any atom is -0.320 e. The Bertz CT molecular complexity index is 1440. The first-order valence-electron chi connectivity index (χ1n) is 13.1. The number of benzene rings is 2. The number of halogens is 3. The van der Waals surface area contributed by atoms with E-state index in [2.05, 4.69) is 32.3 Å². The van der Waals surface area contributed by atoms with Gasteiger partial charge in [-0.25, -0.2) is 4.98 Å². The van der Waals surface area contributed by atoms with Gasteiger partial charge in [-0.15, -0.1) is 11.3 Å². The van der Waals surface area contributed by atoms with Crippen LogP contribution in [0.4, 0.5) is 18.9 Å². The van der Waals surface area contributed by atoms with Gasteiger partial charge in [0, 0.05) is 41.5 Å². The highest BCUT2D eigenvalue weighted by molar-refractivity contribution is 7.10. The molecule has 1 aliphatic rings. The van der Waals surface area contributed by atoms with Crippen LogP contribution in [0.5, 0.6) is 0 Å². The molecule has 0 spiro atoms. The maximum atomic E-state index is 13.1. The topological polar surface area (TPSA) is 58.1 Å². The van der Waals surface area contributed by atoms with Crippen molar-refractivity contribution in [1.29, 1.82) is 0 Å². The molecule has 2 aromatic carbocycles. The number of likely N-dealkylation sites (tertiary alicyclic amines) is 1. The number of nitrogens with zero attached hydrogens (tertiary/aromatic N) is 3. The van der Waals surface area contributed by atoms with Crippen molar-refractivity contribution in [2.24, 2.45) is 0 Å². The first-order chi connectivity index (χ1) is 19.3. The van der Waals surface area contributed by atoms with Crippen LogP contribution in [-0.4, -0.2) is 46.6 Å². The highest BCUT2D eigenvalue weighted by atomic mass is 32.1. The molecule has 5 rings (SSSR count). The highest BCUT2D eigenvalue weighted by Gasteiger charge is 2.27. The third-order valence-corrected chi connectivity index (χ3v) is 7.92. The molecule has 1 saturated heterocycles. The SMILES string of the molecule is O=C(Nc1ccccc1-c1ccc(CC(F)(F)F)cc1)c1csc(C2CCN(C/C=C\c3ccncc3)CC2)n1. The number of rotatable bonds is 8.